The fourth-order valence-corrected chi connectivity index (χ4v) is 2.84. The van der Waals surface area contributed by atoms with Gasteiger partial charge in [0.05, 0.1) is 18.6 Å². The molecule has 0 unspecified atom stereocenters. The standard InChI is InChI=1S/C16H21N3O2/c1-10-11(2)19-14(6-7-17-19)13-9-18(8-12(10)13)15(20)21-16(3,4)5/h6-7H,8-9H2,1-5H3. The van der Waals surface area contributed by atoms with E-state index in [9.17, 15) is 4.79 Å². The van der Waals surface area contributed by atoms with E-state index in [4.69, 9.17) is 4.74 Å². The molecule has 0 aliphatic carbocycles. The van der Waals surface area contributed by atoms with Gasteiger partial charge < -0.3 is 4.74 Å². The molecule has 0 fully saturated rings. The Bertz CT molecular complexity index is 725. The Hall–Kier alpha value is -2.04. The van der Waals surface area contributed by atoms with Crippen molar-refractivity contribution in [2.75, 3.05) is 0 Å². The maximum absolute atomic E-state index is 12.3. The van der Waals surface area contributed by atoms with E-state index in [1.165, 1.54) is 16.7 Å². The molecule has 3 heterocycles. The van der Waals surface area contributed by atoms with Gasteiger partial charge in [0.15, 0.2) is 0 Å². The van der Waals surface area contributed by atoms with Crippen molar-refractivity contribution in [2.24, 2.45) is 0 Å². The molecule has 0 atom stereocenters. The normalized spacial score (nSPS) is 14.6. The van der Waals surface area contributed by atoms with Gasteiger partial charge in [-0.2, -0.15) is 5.10 Å². The Morgan fingerprint density at radius 1 is 1.24 bits per heavy atom. The monoisotopic (exact) mass is 287 g/mol. The zero-order chi connectivity index (χ0) is 15.4. The summed E-state index contributed by atoms with van der Waals surface area (Å²) in [5.41, 5.74) is 5.35. The maximum atomic E-state index is 12.3. The van der Waals surface area contributed by atoms with Crippen LogP contribution in [-0.4, -0.2) is 26.2 Å². The number of hydrogen-bond donors (Lipinski definition) is 0. The molecule has 1 aliphatic rings. The van der Waals surface area contributed by atoms with Gasteiger partial charge in [-0.05, 0) is 51.8 Å². The first kappa shape index (κ1) is 13.9. The largest absolute Gasteiger partial charge is 0.444 e. The second-order valence-electron chi connectivity index (χ2n) is 6.63. The number of fused-ring (bicyclic) bond motifs is 3. The number of hydrogen-bond acceptors (Lipinski definition) is 3. The topological polar surface area (TPSA) is 46.8 Å². The van der Waals surface area contributed by atoms with Crippen LogP contribution in [0.15, 0.2) is 12.3 Å². The predicted octanol–water partition coefficient (Wildman–Crippen LogP) is 3.20. The van der Waals surface area contributed by atoms with Crippen LogP contribution in [0.1, 0.15) is 43.2 Å². The Morgan fingerprint density at radius 2 is 1.90 bits per heavy atom. The van der Waals surface area contributed by atoms with Gasteiger partial charge in [0.25, 0.3) is 0 Å². The molecular weight excluding hydrogens is 266 g/mol. The summed E-state index contributed by atoms with van der Waals surface area (Å²) in [5, 5.41) is 4.37. The van der Waals surface area contributed by atoms with Crippen molar-refractivity contribution >= 4 is 11.6 Å². The molecule has 1 amide bonds. The van der Waals surface area contributed by atoms with Crippen molar-refractivity contribution < 1.29 is 9.53 Å². The Balaban J connectivity index is 1.98. The summed E-state index contributed by atoms with van der Waals surface area (Å²) < 4.78 is 7.43. The predicted molar refractivity (Wildman–Crippen MR) is 80.1 cm³/mol. The van der Waals surface area contributed by atoms with Crippen LogP contribution in [0.25, 0.3) is 5.52 Å². The fourth-order valence-electron chi connectivity index (χ4n) is 2.84. The molecule has 0 aromatic carbocycles. The molecule has 0 saturated carbocycles. The van der Waals surface area contributed by atoms with Crippen molar-refractivity contribution in [3.63, 3.8) is 0 Å². The second kappa shape index (κ2) is 4.48. The van der Waals surface area contributed by atoms with Crippen LogP contribution in [0, 0.1) is 13.8 Å². The molecular formula is C16H21N3O2. The number of nitrogens with zero attached hydrogens (tertiary/aromatic N) is 3. The van der Waals surface area contributed by atoms with Gasteiger partial charge in [-0.3, -0.25) is 4.90 Å². The van der Waals surface area contributed by atoms with Crippen LogP contribution in [-0.2, 0) is 17.8 Å². The van der Waals surface area contributed by atoms with E-state index in [1.54, 1.807) is 11.1 Å². The molecule has 21 heavy (non-hydrogen) atoms. The highest BCUT2D eigenvalue weighted by molar-refractivity contribution is 5.72. The number of aryl methyl sites for hydroxylation is 1. The van der Waals surface area contributed by atoms with Crippen LogP contribution in [0.5, 0.6) is 0 Å². The summed E-state index contributed by atoms with van der Waals surface area (Å²) in [4.78, 5) is 14.0. The minimum absolute atomic E-state index is 0.256. The molecule has 5 heteroatoms. The number of rotatable bonds is 0. The molecule has 5 nitrogen and oxygen atoms in total. The molecule has 112 valence electrons. The van der Waals surface area contributed by atoms with Gasteiger partial charge >= 0.3 is 6.09 Å². The quantitative estimate of drug-likeness (QED) is 0.747. The zero-order valence-electron chi connectivity index (χ0n) is 13.2. The van der Waals surface area contributed by atoms with E-state index in [0.29, 0.717) is 13.1 Å². The van der Waals surface area contributed by atoms with Crippen LogP contribution < -0.4 is 0 Å². The molecule has 0 bridgehead atoms. The molecule has 1 aliphatic heterocycles. The molecule has 3 rings (SSSR count). The molecule has 0 spiro atoms. The lowest BCUT2D eigenvalue weighted by Crippen LogP contribution is -2.33. The SMILES string of the molecule is Cc1c2c(c3ccnn3c1C)CN(C(=O)OC(C)(C)C)C2. The summed E-state index contributed by atoms with van der Waals surface area (Å²) in [7, 11) is 0. The van der Waals surface area contributed by atoms with Crippen molar-refractivity contribution in [3.05, 3.63) is 34.6 Å². The van der Waals surface area contributed by atoms with Crippen molar-refractivity contribution in [3.8, 4) is 0 Å². The number of pyridine rings is 1. The minimum Gasteiger partial charge on any atom is -0.444 e. The first-order valence-corrected chi connectivity index (χ1v) is 7.20. The average Bonchev–Trinajstić information content (AvgIpc) is 2.99. The summed E-state index contributed by atoms with van der Waals surface area (Å²) in [5.74, 6) is 0. The van der Waals surface area contributed by atoms with E-state index in [0.717, 1.165) is 11.2 Å². The van der Waals surface area contributed by atoms with Gasteiger partial charge in [-0.15, -0.1) is 0 Å². The molecule has 0 saturated heterocycles. The third-order valence-electron chi connectivity index (χ3n) is 3.98. The number of amides is 1. The lowest BCUT2D eigenvalue weighted by Gasteiger charge is -2.24. The maximum Gasteiger partial charge on any atom is 0.410 e. The van der Waals surface area contributed by atoms with Gasteiger partial charge in [0.1, 0.15) is 5.60 Å². The summed E-state index contributed by atoms with van der Waals surface area (Å²) in [6.45, 7) is 11.0. The molecule has 0 radical (unpaired) electrons. The van der Waals surface area contributed by atoms with Crippen molar-refractivity contribution in [1.82, 2.24) is 14.5 Å². The number of carbonyl (C=O) groups excluding carboxylic acids is 1. The van der Waals surface area contributed by atoms with E-state index in [-0.39, 0.29) is 6.09 Å². The Labute approximate surface area is 124 Å². The van der Waals surface area contributed by atoms with Crippen LogP contribution >= 0.6 is 0 Å². The Morgan fingerprint density at radius 3 is 2.57 bits per heavy atom. The smallest absolute Gasteiger partial charge is 0.410 e. The van der Waals surface area contributed by atoms with E-state index >= 15 is 0 Å². The van der Waals surface area contributed by atoms with Crippen molar-refractivity contribution in [1.29, 1.82) is 0 Å². The summed E-state index contributed by atoms with van der Waals surface area (Å²) in [6.07, 6.45) is 1.55. The molecule has 2 aromatic heterocycles. The Kier molecular flexibility index (Phi) is 2.97. The lowest BCUT2D eigenvalue weighted by atomic mass is 10.0. The van der Waals surface area contributed by atoms with Crippen LogP contribution in [0.4, 0.5) is 4.79 Å². The second-order valence-corrected chi connectivity index (χ2v) is 6.63. The van der Waals surface area contributed by atoms with Crippen LogP contribution in [0.2, 0.25) is 0 Å². The molecule has 2 aromatic rings. The van der Waals surface area contributed by atoms with E-state index < -0.39 is 5.60 Å². The minimum atomic E-state index is -0.469. The van der Waals surface area contributed by atoms with E-state index in [1.807, 2.05) is 31.4 Å². The third-order valence-corrected chi connectivity index (χ3v) is 3.98. The fraction of sp³-hybridized carbons (Fsp3) is 0.500. The lowest BCUT2D eigenvalue weighted by molar-refractivity contribution is 0.0242. The third kappa shape index (κ3) is 2.26. The van der Waals surface area contributed by atoms with Gasteiger partial charge in [0.2, 0.25) is 0 Å². The number of aromatic nitrogens is 2. The number of carbonyl (C=O) groups is 1. The van der Waals surface area contributed by atoms with E-state index in [2.05, 4.69) is 18.9 Å². The average molecular weight is 287 g/mol. The highest BCUT2D eigenvalue weighted by Gasteiger charge is 2.31. The van der Waals surface area contributed by atoms with Gasteiger partial charge in [0, 0.05) is 17.5 Å². The van der Waals surface area contributed by atoms with Gasteiger partial charge in [-0.25, -0.2) is 9.31 Å². The highest BCUT2D eigenvalue weighted by atomic mass is 16.6. The van der Waals surface area contributed by atoms with Gasteiger partial charge in [-0.1, -0.05) is 0 Å². The summed E-state index contributed by atoms with van der Waals surface area (Å²) in [6, 6.07) is 2.00. The first-order valence-electron chi connectivity index (χ1n) is 7.20. The molecule has 0 N–H and O–H groups in total. The van der Waals surface area contributed by atoms with Crippen molar-refractivity contribution in [2.45, 2.75) is 53.3 Å². The first-order chi connectivity index (χ1) is 9.78. The van der Waals surface area contributed by atoms with Crippen LogP contribution in [0.3, 0.4) is 0 Å². The number of ether oxygens (including phenoxy) is 1. The zero-order valence-corrected chi connectivity index (χ0v) is 13.2. The summed E-state index contributed by atoms with van der Waals surface area (Å²) >= 11 is 0. The highest BCUT2D eigenvalue weighted by Crippen LogP contribution is 2.32.